The summed E-state index contributed by atoms with van der Waals surface area (Å²) in [4.78, 5) is 56.5. The van der Waals surface area contributed by atoms with E-state index in [9.17, 15) is 43.6 Å². The Bertz CT molecular complexity index is 1210. The number of rotatable bonds is 9. The monoisotopic (exact) mass is 536 g/mol. The van der Waals surface area contributed by atoms with Gasteiger partial charge >= 0.3 is 21.1 Å². The number of carbonyl (C=O) groups is 1. The quantitative estimate of drug-likeness (QED) is 0.184. The number of ether oxygens (including phenoxy) is 1. The Morgan fingerprint density at radius 3 is 2.43 bits per heavy atom. The molecule has 18 heteroatoms. The third-order valence-electron chi connectivity index (χ3n) is 4.67. The van der Waals surface area contributed by atoms with Crippen LogP contribution in [0, 0.1) is 0 Å². The highest BCUT2D eigenvalue weighted by molar-refractivity contribution is 7.55. The number of hydrogen-bond acceptors (Lipinski definition) is 11. The summed E-state index contributed by atoms with van der Waals surface area (Å²) < 4.78 is 39.3. The van der Waals surface area contributed by atoms with Gasteiger partial charge in [0.2, 0.25) is 5.85 Å². The summed E-state index contributed by atoms with van der Waals surface area (Å²) in [6, 6.07) is 8.67. The molecule has 1 saturated heterocycles. The number of aliphatic hydroxyl groups excluding tert-OH is 2. The summed E-state index contributed by atoms with van der Waals surface area (Å²) in [6.45, 7) is -0.937. The topological polar surface area (TPSA) is 253 Å². The molecule has 1 fully saturated rings. The van der Waals surface area contributed by atoms with Crippen LogP contribution in [0.5, 0.6) is 0 Å². The van der Waals surface area contributed by atoms with E-state index < -0.39 is 64.0 Å². The van der Waals surface area contributed by atoms with Crippen molar-refractivity contribution in [1.82, 2.24) is 9.55 Å². The molecule has 8 N–H and O–H groups in total. The van der Waals surface area contributed by atoms with Crippen LogP contribution in [0.1, 0.15) is 6.23 Å². The minimum Gasteiger partial charge on any atom is -0.387 e. The first-order valence-electron chi connectivity index (χ1n) is 9.71. The number of aromatic nitrogens is 2. The van der Waals surface area contributed by atoms with E-state index in [2.05, 4.69) is 19.3 Å². The Balaban J connectivity index is 1.67. The summed E-state index contributed by atoms with van der Waals surface area (Å²) >= 11 is 0. The van der Waals surface area contributed by atoms with Crippen LogP contribution in [0.3, 0.4) is 0 Å². The lowest BCUT2D eigenvalue weighted by Crippen LogP contribution is -2.36. The molecule has 0 saturated carbocycles. The molecular formula is C17H22N4O12P2. The normalized spacial score (nSPS) is 25.1. The second-order valence-electron chi connectivity index (χ2n) is 7.25. The van der Waals surface area contributed by atoms with Gasteiger partial charge in [0.25, 0.3) is 5.91 Å². The lowest BCUT2D eigenvalue weighted by atomic mass is 10.1. The average Bonchev–Trinajstić information content (AvgIpc) is 3.04. The number of benzene rings is 1. The molecule has 0 radical (unpaired) electrons. The van der Waals surface area contributed by atoms with Gasteiger partial charge in [0.1, 0.15) is 24.1 Å². The molecule has 2 heterocycles. The standard InChI is InChI=1S/C17H22N4O12P2/c18-11-6-7-21(17(25)20-11)15-13(23)12(22)10(32-15)8-31-35(29,30)33-16(34(26,27)28)14(24)19-9-4-2-1-3-5-9/h1-7,10,12-13,15-16,22-23H,8H2,(H,19,24)(H,29,30)(H2,18,20,25)(H2,26,27,28)/t10-,12-,13-,15-,16?/m1/s1. The predicted molar refractivity (Wildman–Crippen MR) is 117 cm³/mol. The molecule has 1 aliphatic rings. The van der Waals surface area contributed by atoms with Gasteiger partial charge in [0, 0.05) is 11.9 Å². The second kappa shape index (κ2) is 10.6. The van der Waals surface area contributed by atoms with Gasteiger partial charge in [-0.05, 0) is 18.2 Å². The van der Waals surface area contributed by atoms with Gasteiger partial charge in [-0.1, -0.05) is 18.2 Å². The molecule has 1 aromatic heterocycles. The van der Waals surface area contributed by atoms with Gasteiger partial charge in [0.05, 0.1) is 6.61 Å². The van der Waals surface area contributed by atoms with E-state index in [4.69, 9.17) is 10.5 Å². The first-order valence-corrected chi connectivity index (χ1v) is 12.9. The third kappa shape index (κ3) is 6.80. The maximum atomic E-state index is 12.3. The molecule has 16 nitrogen and oxygen atoms in total. The van der Waals surface area contributed by atoms with Crippen LogP contribution in [0.15, 0.2) is 47.4 Å². The predicted octanol–water partition coefficient (Wildman–Crippen LogP) is -1.28. The lowest BCUT2D eigenvalue weighted by Gasteiger charge is -2.22. The van der Waals surface area contributed by atoms with Crippen molar-refractivity contribution in [1.29, 1.82) is 0 Å². The molecular weight excluding hydrogens is 514 g/mol. The van der Waals surface area contributed by atoms with Crippen LogP contribution in [-0.2, 0) is 27.7 Å². The van der Waals surface area contributed by atoms with Crippen LogP contribution in [0.4, 0.5) is 11.5 Å². The van der Waals surface area contributed by atoms with E-state index in [1.54, 1.807) is 6.07 Å². The minimum absolute atomic E-state index is 0.103. The number of para-hydroxylation sites is 1. The number of phosphoric ester groups is 1. The SMILES string of the molecule is Nc1ccn([C@@H]2O[C@H](COP(=O)(O)OC(C(=O)Nc3ccccc3)P(=O)(O)O)[C@@H](O)[C@H]2O)c(=O)n1. The summed E-state index contributed by atoms with van der Waals surface area (Å²) in [5.74, 6) is -4.25. The van der Waals surface area contributed by atoms with Crippen molar-refractivity contribution in [2.45, 2.75) is 30.4 Å². The van der Waals surface area contributed by atoms with E-state index >= 15 is 0 Å². The molecule has 0 bridgehead atoms. The first-order chi connectivity index (χ1) is 16.3. The second-order valence-corrected chi connectivity index (χ2v) is 10.3. The fourth-order valence-corrected chi connectivity index (χ4v) is 4.99. The number of nitrogen functional groups attached to an aromatic ring is 1. The lowest BCUT2D eigenvalue weighted by molar-refractivity contribution is -0.121. The van der Waals surface area contributed by atoms with Crippen molar-refractivity contribution < 1.29 is 52.6 Å². The zero-order valence-corrected chi connectivity index (χ0v) is 19.4. The molecule has 1 amide bonds. The van der Waals surface area contributed by atoms with E-state index in [1.165, 1.54) is 30.3 Å². The number of phosphoric acid groups is 1. The van der Waals surface area contributed by atoms with E-state index in [1.807, 2.05) is 0 Å². The van der Waals surface area contributed by atoms with Crippen LogP contribution in [0.2, 0.25) is 0 Å². The molecule has 6 atom stereocenters. The largest absolute Gasteiger partial charge is 0.473 e. The Morgan fingerprint density at radius 2 is 1.83 bits per heavy atom. The van der Waals surface area contributed by atoms with Crippen LogP contribution >= 0.6 is 15.4 Å². The summed E-state index contributed by atoms with van der Waals surface area (Å²) in [5, 5.41) is 22.5. The van der Waals surface area contributed by atoms with E-state index in [0.29, 0.717) is 0 Å². The maximum absolute atomic E-state index is 12.3. The van der Waals surface area contributed by atoms with Crippen molar-refractivity contribution in [3.63, 3.8) is 0 Å². The number of carbonyl (C=O) groups excluding carboxylic acids is 1. The van der Waals surface area contributed by atoms with Gasteiger partial charge in [-0.2, -0.15) is 4.98 Å². The zero-order chi connectivity index (χ0) is 26.0. The van der Waals surface area contributed by atoms with Gasteiger partial charge in [-0.3, -0.25) is 23.0 Å². The van der Waals surface area contributed by atoms with Crippen LogP contribution in [-0.4, -0.2) is 71.1 Å². The highest BCUT2D eigenvalue weighted by Crippen LogP contribution is 2.53. The minimum atomic E-state index is -5.42. The number of nitrogens with one attached hydrogen (secondary N) is 1. The molecule has 3 rings (SSSR count). The van der Waals surface area contributed by atoms with Crippen molar-refractivity contribution >= 4 is 32.8 Å². The van der Waals surface area contributed by atoms with Gasteiger partial charge in [-0.15, -0.1) is 0 Å². The highest BCUT2D eigenvalue weighted by Gasteiger charge is 2.47. The number of amides is 1. The first kappa shape index (κ1) is 27.1. The van der Waals surface area contributed by atoms with Crippen LogP contribution < -0.4 is 16.7 Å². The number of anilines is 2. The van der Waals surface area contributed by atoms with Gasteiger partial charge in [-0.25, -0.2) is 9.36 Å². The maximum Gasteiger partial charge on any atom is 0.473 e. The molecule has 192 valence electrons. The fraction of sp³-hybridized carbons (Fsp3) is 0.353. The molecule has 2 unspecified atom stereocenters. The molecule has 0 spiro atoms. The number of nitrogens with zero attached hydrogens (tertiary/aromatic N) is 2. The highest BCUT2D eigenvalue weighted by atomic mass is 31.2. The van der Waals surface area contributed by atoms with Crippen LogP contribution in [0.25, 0.3) is 0 Å². The molecule has 0 aliphatic carbocycles. The smallest absolute Gasteiger partial charge is 0.387 e. The zero-order valence-electron chi connectivity index (χ0n) is 17.6. The third-order valence-corrected chi connectivity index (χ3v) is 6.74. The number of nitrogens with two attached hydrogens (primary N) is 1. The molecule has 35 heavy (non-hydrogen) atoms. The van der Waals surface area contributed by atoms with Crippen molar-refractivity contribution in [2.75, 3.05) is 17.7 Å². The van der Waals surface area contributed by atoms with Gasteiger partial charge < -0.3 is 40.7 Å². The summed E-state index contributed by atoms with van der Waals surface area (Å²) in [6.07, 6.45) is -5.22. The Kier molecular flexibility index (Phi) is 8.24. The van der Waals surface area contributed by atoms with E-state index in [-0.39, 0.29) is 11.5 Å². The van der Waals surface area contributed by atoms with Crippen molar-refractivity contribution in [2.24, 2.45) is 0 Å². The van der Waals surface area contributed by atoms with Crippen molar-refractivity contribution in [3.05, 3.63) is 53.1 Å². The Hall–Kier alpha value is -2.49. The Labute approximate surface area is 196 Å². The van der Waals surface area contributed by atoms with Gasteiger partial charge in [0.15, 0.2) is 6.23 Å². The Morgan fingerprint density at radius 1 is 1.17 bits per heavy atom. The summed E-state index contributed by atoms with van der Waals surface area (Å²) in [5.41, 5.74) is 4.61. The summed E-state index contributed by atoms with van der Waals surface area (Å²) in [7, 11) is -10.8. The van der Waals surface area contributed by atoms with Crippen molar-refractivity contribution in [3.8, 4) is 0 Å². The fourth-order valence-electron chi connectivity index (χ4n) is 3.03. The number of hydrogen-bond donors (Lipinski definition) is 7. The van der Waals surface area contributed by atoms with E-state index in [0.717, 1.165) is 10.8 Å². The molecule has 2 aromatic rings. The molecule has 1 aliphatic heterocycles. The molecule has 1 aromatic carbocycles. The average molecular weight is 536 g/mol. The number of aliphatic hydroxyl groups is 2.